The summed E-state index contributed by atoms with van der Waals surface area (Å²) in [5.41, 5.74) is 3.67. The van der Waals surface area contributed by atoms with Crippen molar-refractivity contribution in [1.82, 2.24) is 10.7 Å². The average Bonchev–Trinajstić information content (AvgIpc) is 3.30. The Bertz CT molecular complexity index is 999. The van der Waals surface area contributed by atoms with Crippen molar-refractivity contribution in [3.05, 3.63) is 64.4 Å². The van der Waals surface area contributed by atoms with Crippen LogP contribution in [0.2, 0.25) is 0 Å². The van der Waals surface area contributed by atoms with Gasteiger partial charge in [-0.05, 0) is 54.8 Å². The van der Waals surface area contributed by atoms with E-state index in [-0.39, 0.29) is 35.6 Å². The largest absolute Gasteiger partial charge is 0.344 e. The van der Waals surface area contributed by atoms with Gasteiger partial charge < -0.3 is 5.32 Å². The Morgan fingerprint density at radius 2 is 1.94 bits per heavy atom. The highest BCUT2D eigenvalue weighted by Crippen LogP contribution is 2.32. The van der Waals surface area contributed by atoms with Crippen LogP contribution in [-0.2, 0) is 9.59 Å². The number of hydrazine groups is 1. The van der Waals surface area contributed by atoms with Gasteiger partial charge >= 0.3 is 0 Å². The first kappa shape index (κ1) is 21.3. The van der Waals surface area contributed by atoms with Gasteiger partial charge in [-0.25, -0.2) is 5.01 Å². The fraction of sp³-hybridized carbons (Fsp3) is 0.375. The van der Waals surface area contributed by atoms with E-state index in [0.29, 0.717) is 30.0 Å². The lowest BCUT2D eigenvalue weighted by molar-refractivity contribution is -0.139. The van der Waals surface area contributed by atoms with Gasteiger partial charge in [0.25, 0.3) is 5.91 Å². The molecule has 0 spiro atoms. The van der Waals surface area contributed by atoms with E-state index in [1.165, 1.54) is 5.01 Å². The second-order valence-electron chi connectivity index (χ2n) is 8.53. The smallest absolute Gasteiger partial charge is 0.251 e. The van der Waals surface area contributed by atoms with Crippen LogP contribution in [0.5, 0.6) is 0 Å². The predicted octanol–water partition coefficient (Wildman–Crippen LogP) is 4.23. The molecule has 2 heterocycles. The summed E-state index contributed by atoms with van der Waals surface area (Å²) in [6, 6.07) is 10.8. The van der Waals surface area contributed by atoms with E-state index in [1.807, 2.05) is 29.7 Å². The van der Waals surface area contributed by atoms with Crippen molar-refractivity contribution in [2.45, 2.75) is 39.2 Å². The molecule has 3 atom stereocenters. The van der Waals surface area contributed by atoms with Gasteiger partial charge in [0.1, 0.15) is 0 Å². The van der Waals surface area contributed by atoms with Crippen LogP contribution in [0.25, 0.3) is 0 Å². The first-order chi connectivity index (χ1) is 14.9. The summed E-state index contributed by atoms with van der Waals surface area (Å²) < 4.78 is 0. The van der Waals surface area contributed by atoms with Gasteiger partial charge in [0.15, 0.2) is 0 Å². The molecule has 6 nitrogen and oxygen atoms in total. The number of rotatable bonds is 6. The molecule has 1 aromatic heterocycles. The maximum Gasteiger partial charge on any atom is 0.251 e. The molecule has 1 saturated heterocycles. The van der Waals surface area contributed by atoms with Crippen molar-refractivity contribution in [2.75, 3.05) is 5.01 Å². The molecule has 0 radical (unpaired) electrons. The van der Waals surface area contributed by atoms with Crippen LogP contribution >= 0.6 is 11.3 Å². The van der Waals surface area contributed by atoms with E-state index in [0.717, 1.165) is 11.3 Å². The molecule has 162 valence electrons. The standard InChI is InChI=1S/C24H27N3O3S/c1-15(2)13-20(21-11-6-12-31-21)25-22(28)16-7-5-8-17(14-16)27-24(30)19-10-4-3-9-18(19)23(29)26-27/h3-8,11-12,14-15,18-20H,9-10,13H2,1-2H3,(H,25,28)(H,26,29). The summed E-state index contributed by atoms with van der Waals surface area (Å²) in [4.78, 5) is 39.7. The molecule has 0 saturated carbocycles. The molecule has 3 amide bonds. The third-order valence-corrected chi connectivity index (χ3v) is 6.78. The minimum absolute atomic E-state index is 0.0674. The molecule has 0 bridgehead atoms. The van der Waals surface area contributed by atoms with Crippen LogP contribution in [0.4, 0.5) is 5.69 Å². The third-order valence-electron chi connectivity index (χ3n) is 5.79. The highest BCUT2D eigenvalue weighted by atomic mass is 32.1. The molecule has 31 heavy (non-hydrogen) atoms. The van der Waals surface area contributed by atoms with Crippen LogP contribution in [0.3, 0.4) is 0 Å². The van der Waals surface area contributed by atoms with Gasteiger partial charge in [0, 0.05) is 10.4 Å². The first-order valence-electron chi connectivity index (χ1n) is 10.7. The number of benzene rings is 1. The van der Waals surface area contributed by atoms with Gasteiger partial charge in [-0.3, -0.25) is 19.8 Å². The summed E-state index contributed by atoms with van der Waals surface area (Å²) in [6.45, 7) is 4.26. The van der Waals surface area contributed by atoms with E-state index >= 15 is 0 Å². The number of carbonyl (C=O) groups is 3. The predicted molar refractivity (Wildman–Crippen MR) is 121 cm³/mol. The Morgan fingerprint density at radius 1 is 1.16 bits per heavy atom. The number of carbonyl (C=O) groups excluding carboxylic acids is 3. The molecular weight excluding hydrogens is 410 g/mol. The number of thiophene rings is 1. The number of hydrogen-bond acceptors (Lipinski definition) is 4. The zero-order valence-electron chi connectivity index (χ0n) is 17.7. The molecular formula is C24H27N3O3S. The van der Waals surface area contributed by atoms with Gasteiger partial charge in [-0.1, -0.05) is 38.1 Å². The van der Waals surface area contributed by atoms with E-state index in [1.54, 1.807) is 35.6 Å². The van der Waals surface area contributed by atoms with Crippen molar-refractivity contribution in [1.29, 1.82) is 0 Å². The van der Waals surface area contributed by atoms with Gasteiger partial charge in [0.2, 0.25) is 11.8 Å². The SMILES string of the molecule is CC(C)CC(NC(=O)c1cccc(N2NC(=O)C3CC=CCC3C2=O)c1)c1cccs1. The highest BCUT2D eigenvalue weighted by Gasteiger charge is 2.42. The number of allylic oxidation sites excluding steroid dienone is 2. The molecule has 2 aliphatic rings. The molecule has 3 unspecified atom stereocenters. The highest BCUT2D eigenvalue weighted by molar-refractivity contribution is 7.10. The van der Waals surface area contributed by atoms with Gasteiger partial charge in [0.05, 0.1) is 23.6 Å². The Balaban J connectivity index is 1.54. The fourth-order valence-electron chi connectivity index (χ4n) is 4.22. The molecule has 2 aromatic rings. The van der Waals surface area contributed by atoms with Crippen molar-refractivity contribution in [3.8, 4) is 0 Å². The second-order valence-corrected chi connectivity index (χ2v) is 9.51. The minimum Gasteiger partial charge on any atom is -0.344 e. The molecule has 1 aromatic carbocycles. The zero-order chi connectivity index (χ0) is 22.0. The van der Waals surface area contributed by atoms with Crippen LogP contribution in [0, 0.1) is 17.8 Å². The lowest BCUT2D eigenvalue weighted by Crippen LogP contribution is -2.59. The number of nitrogens with zero attached hydrogens (tertiary/aromatic N) is 1. The summed E-state index contributed by atoms with van der Waals surface area (Å²) in [5, 5.41) is 6.44. The van der Waals surface area contributed by atoms with Crippen molar-refractivity contribution >= 4 is 34.7 Å². The molecule has 4 rings (SSSR count). The Kier molecular flexibility index (Phi) is 6.23. The molecule has 7 heteroatoms. The van der Waals surface area contributed by atoms with E-state index in [4.69, 9.17) is 0 Å². The zero-order valence-corrected chi connectivity index (χ0v) is 18.5. The number of hydrogen-bond donors (Lipinski definition) is 2. The van der Waals surface area contributed by atoms with Crippen molar-refractivity contribution < 1.29 is 14.4 Å². The van der Waals surface area contributed by atoms with Crippen LogP contribution in [0.1, 0.15) is 54.4 Å². The third kappa shape index (κ3) is 4.56. The van der Waals surface area contributed by atoms with E-state index in [9.17, 15) is 14.4 Å². The van der Waals surface area contributed by atoms with Crippen molar-refractivity contribution in [2.24, 2.45) is 17.8 Å². The van der Waals surface area contributed by atoms with Crippen LogP contribution < -0.4 is 15.8 Å². The molecule has 1 aliphatic heterocycles. The maximum absolute atomic E-state index is 13.0. The minimum atomic E-state index is -0.356. The molecule has 2 N–H and O–H groups in total. The lowest BCUT2D eigenvalue weighted by Gasteiger charge is -2.38. The summed E-state index contributed by atoms with van der Waals surface area (Å²) >= 11 is 1.63. The van der Waals surface area contributed by atoms with E-state index < -0.39 is 0 Å². The van der Waals surface area contributed by atoms with Crippen LogP contribution in [-0.4, -0.2) is 17.7 Å². The van der Waals surface area contributed by atoms with Crippen LogP contribution in [0.15, 0.2) is 53.9 Å². The Hall–Kier alpha value is -2.93. The Morgan fingerprint density at radius 3 is 2.65 bits per heavy atom. The van der Waals surface area contributed by atoms with Gasteiger partial charge in [-0.15, -0.1) is 11.3 Å². The monoisotopic (exact) mass is 437 g/mol. The number of anilines is 1. The number of fused-ring (bicyclic) bond motifs is 1. The second kappa shape index (κ2) is 9.06. The first-order valence-corrected chi connectivity index (χ1v) is 11.6. The van der Waals surface area contributed by atoms with Gasteiger partial charge in [-0.2, -0.15) is 0 Å². The summed E-state index contributed by atoms with van der Waals surface area (Å²) in [5.74, 6) is -0.734. The summed E-state index contributed by atoms with van der Waals surface area (Å²) in [6.07, 6.45) is 5.89. The topological polar surface area (TPSA) is 78.5 Å². The number of nitrogens with one attached hydrogen (secondary N) is 2. The van der Waals surface area contributed by atoms with Crippen molar-refractivity contribution in [3.63, 3.8) is 0 Å². The molecule has 1 aliphatic carbocycles. The summed E-state index contributed by atoms with van der Waals surface area (Å²) in [7, 11) is 0. The average molecular weight is 438 g/mol. The maximum atomic E-state index is 13.0. The lowest BCUT2D eigenvalue weighted by atomic mass is 9.80. The fourth-order valence-corrected chi connectivity index (χ4v) is 5.01. The number of amides is 3. The normalized spacial score (nSPS) is 21.6. The van der Waals surface area contributed by atoms with E-state index in [2.05, 4.69) is 24.6 Å². The molecule has 1 fully saturated rings. The Labute approximate surface area is 186 Å². The quantitative estimate of drug-likeness (QED) is 0.664.